The Morgan fingerprint density at radius 3 is 2.48 bits per heavy atom. The fourth-order valence-electron chi connectivity index (χ4n) is 1.98. The minimum absolute atomic E-state index is 0.206. The molecule has 0 fully saturated rings. The van der Waals surface area contributed by atoms with Crippen molar-refractivity contribution >= 4 is 45.1 Å². The minimum Gasteiger partial charge on any atom is -0.481 e. The lowest BCUT2D eigenvalue weighted by atomic mass is 10.2. The quantitative estimate of drug-likeness (QED) is 0.681. The van der Waals surface area contributed by atoms with Crippen molar-refractivity contribution in [2.45, 2.75) is 20.0 Å². The largest absolute Gasteiger partial charge is 0.481 e. The van der Waals surface area contributed by atoms with Gasteiger partial charge >= 0.3 is 5.97 Å². The van der Waals surface area contributed by atoms with E-state index in [0.29, 0.717) is 11.4 Å². The molecule has 0 saturated carbocycles. The molecule has 2 rings (SSSR count). The topological polar surface area (TPSA) is 64.6 Å². The average molecular weight is 427 g/mol. The van der Waals surface area contributed by atoms with Gasteiger partial charge in [-0.25, -0.2) is 4.79 Å². The van der Waals surface area contributed by atoms with Crippen molar-refractivity contribution in [2.75, 3.05) is 11.9 Å². The normalized spacial score (nSPS) is 11.5. The maximum atomic E-state index is 12.2. The van der Waals surface area contributed by atoms with E-state index in [1.54, 1.807) is 32.0 Å². The van der Waals surface area contributed by atoms with E-state index in [2.05, 4.69) is 21.2 Å². The highest BCUT2D eigenvalue weighted by Gasteiger charge is 2.17. The maximum Gasteiger partial charge on any atom is 0.339 e. The minimum atomic E-state index is -0.704. The van der Waals surface area contributed by atoms with Gasteiger partial charge in [0, 0.05) is 10.2 Å². The van der Waals surface area contributed by atoms with Crippen LogP contribution in [0.4, 0.5) is 5.69 Å². The Balaban J connectivity index is 2.00. The second-order valence-corrected chi connectivity index (χ2v) is 6.44. The van der Waals surface area contributed by atoms with Crippen molar-refractivity contribution in [2.24, 2.45) is 0 Å². The molecule has 0 aliphatic carbocycles. The number of amides is 1. The zero-order valence-corrected chi connectivity index (χ0v) is 16.1. The number of rotatable bonds is 6. The molecule has 0 heterocycles. The first-order chi connectivity index (χ1) is 11.9. The molecule has 0 aromatic heterocycles. The molecule has 1 unspecified atom stereocenters. The van der Waals surface area contributed by atoms with E-state index >= 15 is 0 Å². The first-order valence-electron chi connectivity index (χ1n) is 7.60. The molecular weight excluding hydrogens is 410 g/mol. The van der Waals surface area contributed by atoms with Crippen LogP contribution in [-0.2, 0) is 9.53 Å². The van der Waals surface area contributed by atoms with E-state index < -0.39 is 12.1 Å². The molecule has 0 bridgehead atoms. The zero-order chi connectivity index (χ0) is 18.4. The van der Waals surface area contributed by atoms with Crippen molar-refractivity contribution in [3.8, 4) is 5.75 Å². The van der Waals surface area contributed by atoms with E-state index in [1.807, 2.05) is 12.1 Å². The summed E-state index contributed by atoms with van der Waals surface area (Å²) in [6, 6.07) is 11.8. The molecule has 0 radical (unpaired) electrons. The third kappa shape index (κ3) is 5.47. The molecule has 1 atom stereocenters. The summed E-state index contributed by atoms with van der Waals surface area (Å²) in [6.45, 7) is 3.62. The highest BCUT2D eigenvalue weighted by Crippen LogP contribution is 2.22. The summed E-state index contributed by atoms with van der Waals surface area (Å²) >= 11 is 9.42. The summed E-state index contributed by atoms with van der Waals surface area (Å²) in [5.41, 5.74) is 0.718. The Morgan fingerprint density at radius 1 is 1.20 bits per heavy atom. The molecule has 25 heavy (non-hydrogen) atoms. The third-order valence-corrected chi connectivity index (χ3v) is 4.07. The van der Waals surface area contributed by atoms with E-state index in [-0.39, 0.29) is 23.1 Å². The molecule has 0 spiro atoms. The number of hydrogen-bond acceptors (Lipinski definition) is 4. The van der Waals surface area contributed by atoms with Gasteiger partial charge in [-0.2, -0.15) is 0 Å². The van der Waals surface area contributed by atoms with Gasteiger partial charge in [0.1, 0.15) is 5.75 Å². The summed E-state index contributed by atoms with van der Waals surface area (Å²) < 4.78 is 11.4. The molecule has 1 N–H and O–H groups in total. The van der Waals surface area contributed by atoms with E-state index in [4.69, 9.17) is 21.1 Å². The van der Waals surface area contributed by atoms with Crippen LogP contribution in [0.25, 0.3) is 0 Å². The van der Waals surface area contributed by atoms with Crippen LogP contribution >= 0.6 is 27.5 Å². The van der Waals surface area contributed by atoms with E-state index in [1.165, 1.54) is 12.1 Å². The van der Waals surface area contributed by atoms with Crippen molar-refractivity contribution in [3.63, 3.8) is 0 Å². The number of anilines is 1. The lowest BCUT2D eigenvalue weighted by Crippen LogP contribution is -2.30. The van der Waals surface area contributed by atoms with Crippen LogP contribution in [0.3, 0.4) is 0 Å². The Morgan fingerprint density at radius 2 is 1.88 bits per heavy atom. The Labute approximate surface area is 159 Å². The number of nitrogens with one attached hydrogen (secondary N) is 1. The predicted molar refractivity (Wildman–Crippen MR) is 100 cm³/mol. The highest BCUT2D eigenvalue weighted by atomic mass is 79.9. The van der Waals surface area contributed by atoms with Gasteiger partial charge in [0.2, 0.25) is 0 Å². The molecule has 132 valence electrons. The molecule has 5 nitrogen and oxygen atoms in total. The van der Waals surface area contributed by atoms with Gasteiger partial charge in [-0.1, -0.05) is 27.5 Å². The predicted octanol–water partition coefficient (Wildman–Crippen LogP) is 4.69. The van der Waals surface area contributed by atoms with Gasteiger partial charge in [0.25, 0.3) is 5.91 Å². The Bertz CT molecular complexity index is 764. The number of benzene rings is 2. The molecule has 0 saturated heterocycles. The lowest BCUT2D eigenvalue weighted by molar-refractivity contribution is -0.122. The van der Waals surface area contributed by atoms with Crippen molar-refractivity contribution in [1.29, 1.82) is 0 Å². The van der Waals surface area contributed by atoms with Crippen LogP contribution in [0, 0.1) is 0 Å². The van der Waals surface area contributed by atoms with Crippen LogP contribution in [0.2, 0.25) is 5.02 Å². The third-order valence-electron chi connectivity index (χ3n) is 3.23. The van der Waals surface area contributed by atoms with Crippen molar-refractivity contribution in [1.82, 2.24) is 0 Å². The van der Waals surface area contributed by atoms with Gasteiger partial charge in [-0.3, -0.25) is 4.79 Å². The molecule has 1 amide bonds. The first kappa shape index (κ1) is 19.3. The monoisotopic (exact) mass is 425 g/mol. The number of carbonyl (C=O) groups excluding carboxylic acids is 2. The Hall–Kier alpha value is -2.05. The SMILES string of the molecule is CCOC(=O)c1ccc(NC(=O)C(C)Oc2ccc(Br)cc2)cc1Cl. The van der Waals surface area contributed by atoms with Crippen LogP contribution in [0.5, 0.6) is 5.75 Å². The summed E-state index contributed by atoms with van der Waals surface area (Å²) in [5, 5.41) is 2.91. The van der Waals surface area contributed by atoms with Gasteiger partial charge in [0.15, 0.2) is 6.10 Å². The molecule has 7 heteroatoms. The van der Waals surface area contributed by atoms with Crippen molar-refractivity contribution in [3.05, 3.63) is 57.5 Å². The highest BCUT2D eigenvalue weighted by molar-refractivity contribution is 9.10. The first-order valence-corrected chi connectivity index (χ1v) is 8.77. The van der Waals surface area contributed by atoms with Crippen LogP contribution in [-0.4, -0.2) is 24.6 Å². The van der Waals surface area contributed by atoms with Crippen molar-refractivity contribution < 1.29 is 19.1 Å². The van der Waals surface area contributed by atoms with Crippen LogP contribution < -0.4 is 10.1 Å². The molecular formula is C18H17BrClNO4. The number of esters is 1. The Kier molecular flexibility index (Phi) is 6.84. The molecule has 0 aliphatic heterocycles. The summed E-state index contributed by atoms with van der Waals surface area (Å²) in [7, 11) is 0. The van der Waals surface area contributed by atoms with Gasteiger partial charge < -0.3 is 14.8 Å². The smallest absolute Gasteiger partial charge is 0.339 e. The summed E-state index contributed by atoms with van der Waals surface area (Å²) in [5.74, 6) is -0.248. The number of carbonyl (C=O) groups is 2. The summed E-state index contributed by atoms with van der Waals surface area (Å²) in [6.07, 6.45) is -0.704. The number of halogens is 2. The summed E-state index contributed by atoms with van der Waals surface area (Å²) in [4.78, 5) is 24.0. The molecule has 2 aromatic carbocycles. The number of ether oxygens (including phenoxy) is 2. The molecule has 0 aliphatic rings. The fourth-order valence-corrected chi connectivity index (χ4v) is 2.50. The number of hydrogen-bond donors (Lipinski definition) is 1. The lowest BCUT2D eigenvalue weighted by Gasteiger charge is -2.15. The van der Waals surface area contributed by atoms with Crippen LogP contribution in [0.1, 0.15) is 24.2 Å². The second kappa shape index (κ2) is 8.87. The fraction of sp³-hybridized carbons (Fsp3) is 0.222. The zero-order valence-electron chi connectivity index (χ0n) is 13.7. The van der Waals surface area contributed by atoms with E-state index in [0.717, 1.165) is 4.47 Å². The maximum absolute atomic E-state index is 12.2. The second-order valence-electron chi connectivity index (χ2n) is 5.12. The van der Waals surface area contributed by atoms with Gasteiger partial charge in [-0.15, -0.1) is 0 Å². The van der Waals surface area contributed by atoms with Crippen LogP contribution in [0.15, 0.2) is 46.9 Å². The van der Waals surface area contributed by atoms with Gasteiger partial charge in [0.05, 0.1) is 17.2 Å². The van der Waals surface area contributed by atoms with Gasteiger partial charge in [-0.05, 0) is 56.3 Å². The average Bonchev–Trinajstić information content (AvgIpc) is 2.57. The standard InChI is InChI=1S/C18H17BrClNO4/c1-3-24-18(23)15-9-6-13(10-16(15)20)21-17(22)11(2)25-14-7-4-12(19)5-8-14/h4-11H,3H2,1-2H3,(H,21,22). The van der Waals surface area contributed by atoms with E-state index in [9.17, 15) is 9.59 Å². The molecule has 2 aromatic rings.